The minimum atomic E-state index is 0.499. The molecule has 0 aliphatic carbocycles. The van der Waals surface area contributed by atoms with Crippen LogP contribution in [-0.2, 0) is 0 Å². The van der Waals surface area contributed by atoms with E-state index in [4.69, 9.17) is 5.73 Å². The predicted octanol–water partition coefficient (Wildman–Crippen LogP) is 1.46. The summed E-state index contributed by atoms with van der Waals surface area (Å²) in [5, 5.41) is 3.42. The molecule has 0 bridgehead atoms. The first-order chi connectivity index (χ1) is 4.33. The third kappa shape index (κ3) is 1.57. The summed E-state index contributed by atoms with van der Waals surface area (Å²) in [4.78, 5) is 7.42. The van der Waals surface area contributed by atoms with Crippen molar-refractivity contribution in [1.29, 1.82) is 0 Å². The molecule has 0 amide bonds. The SMILES string of the molecule is Nc1ncc(N=C=S)s1. The topological polar surface area (TPSA) is 51.3 Å². The molecule has 1 aromatic heterocycles. The molecule has 5 heteroatoms. The number of aromatic nitrogens is 1. The Bertz CT molecular complexity index is 248. The first-order valence-electron chi connectivity index (χ1n) is 2.12. The number of aliphatic imine (C=N–C) groups is 1. The van der Waals surface area contributed by atoms with E-state index >= 15 is 0 Å². The van der Waals surface area contributed by atoms with E-state index in [0.717, 1.165) is 0 Å². The van der Waals surface area contributed by atoms with Crippen molar-refractivity contribution in [3.63, 3.8) is 0 Å². The number of isothiocyanates is 1. The summed E-state index contributed by atoms with van der Waals surface area (Å²) in [6.07, 6.45) is 1.55. The Kier molecular flexibility index (Phi) is 1.89. The number of hydrogen-bond acceptors (Lipinski definition) is 5. The average Bonchev–Trinajstić information content (AvgIpc) is 2.17. The molecule has 0 radical (unpaired) electrons. The monoisotopic (exact) mass is 157 g/mol. The highest BCUT2D eigenvalue weighted by Gasteiger charge is 1.92. The minimum Gasteiger partial charge on any atom is -0.375 e. The fourth-order valence-corrected chi connectivity index (χ4v) is 1.05. The molecular formula is C4H3N3S2. The molecule has 0 fully saturated rings. The van der Waals surface area contributed by atoms with E-state index in [-0.39, 0.29) is 0 Å². The van der Waals surface area contributed by atoms with Gasteiger partial charge in [0.05, 0.1) is 11.4 Å². The Morgan fingerprint density at radius 2 is 2.67 bits per heavy atom. The van der Waals surface area contributed by atoms with Gasteiger partial charge in [-0.05, 0) is 12.2 Å². The van der Waals surface area contributed by atoms with Crippen LogP contribution in [0.5, 0.6) is 0 Å². The number of thiazole rings is 1. The second-order valence-corrected chi connectivity index (χ2v) is 2.46. The van der Waals surface area contributed by atoms with Gasteiger partial charge in [-0.1, -0.05) is 11.3 Å². The van der Waals surface area contributed by atoms with E-state index in [0.29, 0.717) is 10.1 Å². The predicted molar refractivity (Wildman–Crippen MR) is 41.2 cm³/mol. The number of thiocarbonyl (C=S) groups is 1. The second kappa shape index (κ2) is 2.68. The van der Waals surface area contributed by atoms with Crippen LogP contribution in [0.4, 0.5) is 10.1 Å². The molecule has 0 saturated heterocycles. The molecule has 0 spiro atoms. The minimum absolute atomic E-state index is 0.499. The zero-order valence-electron chi connectivity index (χ0n) is 4.37. The Balaban J connectivity index is 2.97. The number of hydrogen-bond donors (Lipinski definition) is 1. The first-order valence-corrected chi connectivity index (χ1v) is 3.34. The molecule has 1 heterocycles. The van der Waals surface area contributed by atoms with Crippen molar-refractivity contribution in [1.82, 2.24) is 4.98 Å². The van der Waals surface area contributed by atoms with Gasteiger partial charge in [0, 0.05) is 0 Å². The van der Waals surface area contributed by atoms with Gasteiger partial charge in [0.25, 0.3) is 0 Å². The van der Waals surface area contributed by atoms with Crippen molar-refractivity contribution in [2.45, 2.75) is 0 Å². The molecule has 0 unspecified atom stereocenters. The zero-order valence-corrected chi connectivity index (χ0v) is 6.00. The maximum atomic E-state index is 5.29. The van der Waals surface area contributed by atoms with E-state index in [1.54, 1.807) is 6.20 Å². The summed E-state index contributed by atoms with van der Waals surface area (Å²) in [6, 6.07) is 0. The zero-order chi connectivity index (χ0) is 6.69. The van der Waals surface area contributed by atoms with E-state index in [9.17, 15) is 0 Å². The first kappa shape index (κ1) is 6.35. The van der Waals surface area contributed by atoms with Gasteiger partial charge in [-0.2, -0.15) is 4.99 Å². The van der Waals surface area contributed by atoms with Crippen LogP contribution in [0, 0.1) is 0 Å². The lowest BCUT2D eigenvalue weighted by Gasteiger charge is -1.71. The van der Waals surface area contributed by atoms with Crippen LogP contribution in [-0.4, -0.2) is 10.1 Å². The number of nitrogens with two attached hydrogens (primary N) is 1. The van der Waals surface area contributed by atoms with Crippen molar-refractivity contribution in [2.75, 3.05) is 5.73 Å². The molecule has 9 heavy (non-hydrogen) atoms. The fourth-order valence-electron chi connectivity index (χ4n) is 0.375. The van der Waals surface area contributed by atoms with E-state index in [1.165, 1.54) is 11.3 Å². The molecule has 0 aliphatic rings. The summed E-state index contributed by atoms with van der Waals surface area (Å²) >= 11 is 5.65. The number of anilines is 1. The van der Waals surface area contributed by atoms with Crippen LogP contribution in [0.25, 0.3) is 0 Å². The molecule has 2 N–H and O–H groups in total. The number of rotatable bonds is 1. The summed E-state index contributed by atoms with van der Waals surface area (Å²) in [5.41, 5.74) is 5.29. The van der Waals surface area contributed by atoms with Crippen molar-refractivity contribution >= 4 is 38.8 Å². The van der Waals surface area contributed by atoms with E-state index in [1.807, 2.05) is 0 Å². The Hall–Kier alpha value is -0.770. The lowest BCUT2D eigenvalue weighted by molar-refractivity contribution is 1.41. The fraction of sp³-hybridized carbons (Fsp3) is 0. The Morgan fingerprint density at radius 1 is 1.89 bits per heavy atom. The van der Waals surface area contributed by atoms with Crippen LogP contribution in [0.15, 0.2) is 11.2 Å². The normalized spacial score (nSPS) is 8.44. The van der Waals surface area contributed by atoms with Gasteiger partial charge in [0.1, 0.15) is 5.00 Å². The molecular weight excluding hydrogens is 154 g/mol. The highest BCUT2D eigenvalue weighted by molar-refractivity contribution is 7.78. The molecule has 0 atom stereocenters. The molecule has 46 valence electrons. The van der Waals surface area contributed by atoms with E-state index in [2.05, 4.69) is 27.4 Å². The van der Waals surface area contributed by atoms with Crippen LogP contribution in [0.1, 0.15) is 0 Å². The van der Waals surface area contributed by atoms with Gasteiger partial charge in [0.15, 0.2) is 5.13 Å². The highest BCUT2D eigenvalue weighted by Crippen LogP contribution is 2.22. The molecule has 3 nitrogen and oxygen atoms in total. The quantitative estimate of drug-likeness (QED) is 0.496. The largest absolute Gasteiger partial charge is 0.375 e. The number of nitrogens with zero attached hydrogens (tertiary/aromatic N) is 2. The summed E-state index contributed by atoms with van der Waals surface area (Å²) in [6.45, 7) is 0. The Labute approximate surface area is 61.3 Å². The third-order valence-electron chi connectivity index (χ3n) is 0.667. The third-order valence-corrected chi connectivity index (χ3v) is 1.48. The lowest BCUT2D eigenvalue weighted by atomic mass is 10.9. The molecule has 1 rings (SSSR count). The summed E-state index contributed by atoms with van der Waals surface area (Å²) in [5.74, 6) is 0. The van der Waals surface area contributed by atoms with Gasteiger partial charge in [0.2, 0.25) is 0 Å². The smallest absolute Gasteiger partial charge is 0.182 e. The van der Waals surface area contributed by atoms with Gasteiger partial charge < -0.3 is 5.73 Å². The molecule has 1 aromatic rings. The standard InChI is InChI=1S/C4H3N3S2/c5-4-6-1-3(9-4)7-2-8/h1H,(H2,5,6). The van der Waals surface area contributed by atoms with Crippen LogP contribution >= 0.6 is 23.6 Å². The molecule has 0 aromatic carbocycles. The van der Waals surface area contributed by atoms with Gasteiger partial charge in [-0.3, -0.25) is 0 Å². The average molecular weight is 157 g/mol. The second-order valence-electron chi connectivity index (χ2n) is 1.24. The number of nitrogen functional groups attached to an aromatic ring is 1. The summed E-state index contributed by atoms with van der Waals surface area (Å²) < 4.78 is 0. The van der Waals surface area contributed by atoms with Crippen LogP contribution < -0.4 is 5.73 Å². The Morgan fingerprint density at radius 3 is 3.11 bits per heavy atom. The van der Waals surface area contributed by atoms with E-state index < -0.39 is 0 Å². The lowest BCUT2D eigenvalue weighted by Crippen LogP contribution is -1.77. The van der Waals surface area contributed by atoms with Crippen molar-refractivity contribution < 1.29 is 0 Å². The van der Waals surface area contributed by atoms with Crippen LogP contribution in [0.2, 0.25) is 0 Å². The molecule has 0 saturated carbocycles. The van der Waals surface area contributed by atoms with Crippen LogP contribution in [0.3, 0.4) is 0 Å². The van der Waals surface area contributed by atoms with Gasteiger partial charge in [-0.15, -0.1) is 0 Å². The van der Waals surface area contributed by atoms with Gasteiger partial charge in [-0.25, -0.2) is 4.98 Å². The van der Waals surface area contributed by atoms with Crippen molar-refractivity contribution in [3.05, 3.63) is 6.20 Å². The van der Waals surface area contributed by atoms with Crippen molar-refractivity contribution in [3.8, 4) is 0 Å². The van der Waals surface area contributed by atoms with Crippen molar-refractivity contribution in [2.24, 2.45) is 4.99 Å². The van der Waals surface area contributed by atoms with Gasteiger partial charge >= 0.3 is 0 Å². The molecule has 0 aliphatic heterocycles. The maximum absolute atomic E-state index is 5.29. The maximum Gasteiger partial charge on any atom is 0.182 e. The highest BCUT2D eigenvalue weighted by atomic mass is 32.1. The summed E-state index contributed by atoms with van der Waals surface area (Å²) in [7, 11) is 0.